The van der Waals surface area contributed by atoms with Gasteiger partial charge in [0, 0.05) is 12.6 Å². The zero-order chi connectivity index (χ0) is 6.15. The molecule has 0 radical (unpaired) electrons. The molecule has 2 N–H and O–H groups in total. The van der Waals surface area contributed by atoms with Crippen molar-refractivity contribution < 1.29 is 5.11 Å². The molecule has 0 aromatic rings. The molecule has 0 spiro atoms. The number of hydrogen-bond donors (Lipinski definition) is 2. The quantitative estimate of drug-likeness (QED) is 0.465. The first-order valence-corrected chi connectivity index (χ1v) is 3.13. The number of aliphatic hydroxyl groups excluding tert-OH is 1. The fourth-order valence-electron chi connectivity index (χ4n) is 1.01. The Balaban J connectivity index is 2.44. The molecule has 2 heteroatoms. The highest BCUT2D eigenvalue weighted by molar-refractivity contribution is 4.83. The maximum absolute atomic E-state index is 9.11. The SMILES string of the molecule is C[C@H]1[C@@H](O)CN[C@@H]1C. The Labute approximate surface area is 49.9 Å². The Morgan fingerprint density at radius 1 is 1.50 bits per heavy atom. The van der Waals surface area contributed by atoms with Gasteiger partial charge in [-0.25, -0.2) is 0 Å². The molecule has 1 saturated heterocycles. The summed E-state index contributed by atoms with van der Waals surface area (Å²) in [6.07, 6.45) is -0.120. The van der Waals surface area contributed by atoms with Crippen molar-refractivity contribution in [1.82, 2.24) is 5.32 Å². The van der Waals surface area contributed by atoms with E-state index in [2.05, 4.69) is 19.2 Å². The second-order valence-electron chi connectivity index (χ2n) is 2.62. The van der Waals surface area contributed by atoms with Crippen LogP contribution in [0.2, 0.25) is 0 Å². The van der Waals surface area contributed by atoms with Crippen molar-refractivity contribution in [3.05, 3.63) is 0 Å². The highest BCUT2D eigenvalue weighted by atomic mass is 16.3. The zero-order valence-electron chi connectivity index (χ0n) is 5.39. The average Bonchev–Trinajstić information content (AvgIpc) is 1.98. The van der Waals surface area contributed by atoms with Crippen LogP contribution in [0, 0.1) is 5.92 Å². The van der Waals surface area contributed by atoms with Crippen molar-refractivity contribution in [2.45, 2.75) is 26.0 Å². The van der Waals surface area contributed by atoms with Crippen LogP contribution < -0.4 is 5.32 Å². The topological polar surface area (TPSA) is 32.3 Å². The summed E-state index contributed by atoms with van der Waals surface area (Å²) in [7, 11) is 0. The molecule has 1 aliphatic heterocycles. The summed E-state index contributed by atoms with van der Waals surface area (Å²) in [5, 5.41) is 12.3. The summed E-state index contributed by atoms with van der Waals surface area (Å²) in [5.41, 5.74) is 0. The van der Waals surface area contributed by atoms with Crippen LogP contribution in [-0.4, -0.2) is 23.8 Å². The van der Waals surface area contributed by atoms with Crippen molar-refractivity contribution in [3.8, 4) is 0 Å². The van der Waals surface area contributed by atoms with Gasteiger partial charge < -0.3 is 10.4 Å². The largest absolute Gasteiger partial charge is 0.391 e. The molecule has 0 unspecified atom stereocenters. The third kappa shape index (κ3) is 0.858. The third-order valence-electron chi connectivity index (χ3n) is 2.04. The molecule has 0 aromatic heterocycles. The number of hydrogen-bond acceptors (Lipinski definition) is 2. The predicted molar refractivity (Wildman–Crippen MR) is 32.6 cm³/mol. The first kappa shape index (κ1) is 6.05. The standard InChI is InChI=1S/C6H13NO/c1-4-5(2)7-3-6(4)8/h4-8H,3H2,1-2H3/t4-,5-,6+/m1/s1. The maximum atomic E-state index is 9.11. The van der Waals surface area contributed by atoms with Crippen LogP contribution in [0.3, 0.4) is 0 Å². The minimum atomic E-state index is -0.120. The third-order valence-corrected chi connectivity index (χ3v) is 2.04. The van der Waals surface area contributed by atoms with Crippen LogP contribution in [0.1, 0.15) is 13.8 Å². The summed E-state index contributed by atoms with van der Waals surface area (Å²) in [4.78, 5) is 0. The minimum Gasteiger partial charge on any atom is -0.391 e. The molecule has 8 heavy (non-hydrogen) atoms. The van der Waals surface area contributed by atoms with E-state index in [1.165, 1.54) is 0 Å². The molecule has 1 fully saturated rings. The Hall–Kier alpha value is -0.0800. The lowest BCUT2D eigenvalue weighted by Gasteiger charge is -2.09. The van der Waals surface area contributed by atoms with Crippen molar-refractivity contribution >= 4 is 0 Å². The van der Waals surface area contributed by atoms with Crippen molar-refractivity contribution in [2.75, 3.05) is 6.54 Å². The van der Waals surface area contributed by atoms with E-state index in [1.807, 2.05) is 0 Å². The van der Waals surface area contributed by atoms with Gasteiger partial charge in [-0.05, 0) is 12.8 Å². The highest BCUT2D eigenvalue weighted by Gasteiger charge is 2.26. The lowest BCUT2D eigenvalue weighted by Crippen LogP contribution is -2.21. The van der Waals surface area contributed by atoms with Gasteiger partial charge in [-0.2, -0.15) is 0 Å². The van der Waals surface area contributed by atoms with Gasteiger partial charge in [-0.15, -0.1) is 0 Å². The summed E-state index contributed by atoms with van der Waals surface area (Å²) in [6, 6.07) is 0.491. The van der Waals surface area contributed by atoms with Crippen molar-refractivity contribution in [2.24, 2.45) is 5.92 Å². The van der Waals surface area contributed by atoms with Gasteiger partial charge in [0.25, 0.3) is 0 Å². The Morgan fingerprint density at radius 3 is 2.25 bits per heavy atom. The number of nitrogens with one attached hydrogen (secondary N) is 1. The van der Waals surface area contributed by atoms with Gasteiger partial charge in [-0.3, -0.25) is 0 Å². The van der Waals surface area contributed by atoms with Crippen LogP contribution in [0.25, 0.3) is 0 Å². The van der Waals surface area contributed by atoms with Crippen molar-refractivity contribution in [3.63, 3.8) is 0 Å². The molecule has 0 amide bonds. The highest BCUT2D eigenvalue weighted by Crippen LogP contribution is 2.13. The molecule has 1 aliphatic rings. The van der Waals surface area contributed by atoms with Gasteiger partial charge in [-0.1, -0.05) is 6.92 Å². The minimum absolute atomic E-state index is 0.120. The van der Waals surface area contributed by atoms with Gasteiger partial charge in [0.2, 0.25) is 0 Å². The summed E-state index contributed by atoms with van der Waals surface area (Å²) in [6.45, 7) is 4.93. The fraction of sp³-hybridized carbons (Fsp3) is 1.00. The monoisotopic (exact) mass is 115 g/mol. The van der Waals surface area contributed by atoms with Gasteiger partial charge in [0.15, 0.2) is 0 Å². The predicted octanol–water partition coefficient (Wildman–Crippen LogP) is -0.0249. The molecule has 0 aliphatic carbocycles. The molecule has 2 nitrogen and oxygen atoms in total. The van der Waals surface area contributed by atoms with E-state index in [-0.39, 0.29) is 6.10 Å². The molecule has 0 bridgehead atoms. The van der Waals surface area contributed by atoms with Crippen LogP contribution in [-0.2, 0) is 0 Å². The van der Waals surface area contributed by atoms with Gasteiger partial charge in [0.1, 0.15) is 0 Å². The number of aliphatic hydroxyl groups is 1. The molecule has 0 saturated carbocycles. The Morgan fingerprint density at radius 2 is 2.12 bits per heavy atom. The molecule has 48 valence electrons. The van der Waals surface area contributed by atoms with E-state index in [1.54, 1.807) is 0 Å². The molecule has 0 aromatic carbocycles. The molecule has 3 atom stereocenters. The number of β-amino-alcohol motifs (C(OH)–C–C–N with tert-alkyl or cyclic N) is 1. The molecular weight excluding hydrogens is 102 g/mol. The van der Waals surface area contributed by atoms with E-state index in [9.17, 15) is 0 Å². The average molecular weight is 115 g/mol. The normalized spacial score (nSPS) is 47.6. The van der Waals surface area contributed by atoms with Crippen LogP contribution in [0.4, 0.5) is 0 Å². The van der Waals surface area contributed by atoms with E-state index >= 15 is 0 Å². The Bertz CT molecular complexity index is 74.6. The second kappa shape index (κ2) is 2.03. The smallest absolute Gasteiger partial charge is 0.0704 e. The number of rotatable bonds is 0. The fourth-order valence-corrected chi connectivity index (χ4v) is 1.01. The molecular formula is C6H13NO. The molecule has 1 heterocycles. The summed E-state index contributed by atoms with van der Waals surface area (Å²) >= 11 is 0. The van der Waals surface area contributed by atoms with Crippen LogP contribution in [0.5, 0.6) is 0 Å². The zero-order valence-corrected chi connectivity index (χ0v) is 5.39. The van der Waals surface area contributed by atoms with Crippen LogP contribution in [0.15, 0.2) is 0 Å². The maximum Gasteiger partial charge on any atom is 0.0704 e. The van der Waals surface area contributed by atoms with Gasteiger partial charge >= 0.3 is 0 Å². The van der Waals surface area contributed by atoms with E-state index in [0.717, 1.165) is 6.54 Å². The first-order valence-electron chi connectivity index (χ1n) is 3.13. The Kier molecular flexibility index (Phi) is 1.54. The molecule has 1 rings (SSSR count). The van der Waals surface area contributed by atoms with Gasteiger partial charge in [0.05, 0.1) is 6.10 Å². The van der Waals surface area contributed by atoms with Crippen molar-refractivity contribution in [1.29, 1.82) is 0 Å². The summed E-state index contributed by atoms with van der Waals surface area (Å²) < 4.78 is 0. The van der Waals surface area contributed by atoms with E-state index < -0.39 is 0 Å². The second-order valence-corrected chi connectivity index (χ2v) is 2.62. The van der Waals surface area contributed by atoms with E-state index in [0.29, 0.717) is 12.0 Å². The summed E-state index contributed by atoms with van der Waals surface area (Å²) in [5.74, 6) is 0.426. The lowest BCUT2D eigenvalue weighted by atomic mass is 10.0. The van der Waals surface area contributed by atoms with E-state index in [4.69, 9.17) is 5.11 Å². The lowest BCUT2D eigenvalue weighted by molar-refractivity contribution is 0.149. The van der Waals surface area contributed by atoms with Crippen LogP contribution >= 0.6 is 0 Å². The first-order chi connectivity index (χ1) is 3.72.